The van der Waals surface area contributed by atoms with Gasteiger partial charge in [0.1, 0.15) is 0 Å². The molecule has 102 valence electrons. The predicted octanol–water partition coefficient (Wildman–Crippen LogP) is 1.84. The van der Waals surface area contributed by atoms with Crippen LogP contribution in [0.25, 0.3) is 0 Å². The Kier molecular flexibility index (Phi) is 6.77. The Balaban J connectivity index is 2.36. The third-order valence-electron chi connectivity index (χ3n) is 2.98. The fourth-order valence-electron chi connectivity index (χ4n) is 2.02. The van der Waals surface area contributed by atoms with E-state index in [2.05, 4.69) is 0 Å². The van der Waals surface area contributed by atoms with E-state index >= 15 is 0 Å². The smallest absolute Gasteiger partial charge is 0.214 e. The molecule has 0 radical (unpaired) electrons. The van der Waals surface area contributed by atoms with Crippen LogP contribution in [0.5, 0.6) is 0 Å². The predicted molar refractivity (Wildman–Crippen MR) is 70.0 cm³/mol. The topological polar surface area (TPSA) is 46.6 Å². The number of hydrogen-bond acceptors (Lipinski definition) is 3. The highest BCUT2D eigenvalue weighted by Crippen LogP contribution is 2.17. The molecule has 6 heteroatoms. The summed E-state index contributed by atoms with van der Waals surface area (Å²) in [6.07, 6.45) is 3.26. The molecular weight excluding hydrogens is 262 g/mol. The summed E-state index contributed by atoms with van der Waals surface area (Å²) in [6, 6.07) is 0. The van der Waals surface area contributed by atoms with Crippen molar-refractivity contribution in [2.45, 2.75) is 38.7 Å². The standard InChI is InChI=1S/C11H22ClNO3S/c1-2-16-11-5-8-13(9-6-11)17(14,15)10-4-3-7-12/h11H,2-10H2,1H3. The largest absolute Gasteiger partial charge is 0.378 e. The zero-order valence-corrected chi connectivity index (χ0v) is 12.0. The molecule has 0 aromatic heterocycles. The minimum absolute atomic E-state index is 0.221. The molecule has 0 N–H and O–H groups in total. The SMILES string of the molecule is CCOC1CCN(S(=O)(=O)CCCCCl)CC1. The minimum Gasteiger partial charge on any atom is -0.378 e. The molecule has 1 saturated heterocycles. The van der Waals surface area contributed by atoms with E-state index in [0.717, 1.165) is 19.3 Å². The van der Waals surface area contributed by atoms with E-state index in [1.54, 1.807) is 4.31 Å². The molecule has 0 spiro atoms. The summed E-state index contributed by atoms with van der Waals surface area (Å²) in [5.74, 6) is 0.751. The summed E-state index contributed by atoms with van der Waals surface area (Å²) in [5.41, 5.74) is 0. The third kappa shape index (κ3) is 5.12. The van der Waals surface area contributed by atoms with E-state index in [9.17, 15) is 8.42 Å². The molecule has 1 aliphatic heterocycles. The maximum atomic E-state index is 12.0. The molecular formula is C11H22ClNO3S. The van der Waals surface area contributed by atoms with Gasteiger partial charge < -0.3 is 4.74 Å². The number of ether oxygens (including phenoxy) is 1. The molecule has 1 rings (SSSR count). The molecule has 1 heterocycles. The van der Waals surface area contributed by atoms with E-state index in [1.165, 1.54) is 0 Å². The van der Waals surface area contributed by atoms with Crippen molar-refractivity contribution >= 4 is 21.6 Å². The van der Waals surface area contributed by atoms with E-state index in [0.29, 0.717) is 32.0 Å². The Hall–Kier alpha value is 0.160. The van der Waals surface area contributed by atoms with Crippen molar-refractivity contribution in [2.75, 3.05) is 31.3 Å². The molecule has 17 heavy (non-hydrogen) atoms. The average Bonchev–Trinajstić information content (AvgIpc) is 2.30. The molecule has 0 atom stereocenters. The van der Waals surface area contributed by atoms with Crippen molar-refractivity contribution in [3.05, 3.63) is 0 Å². The van der Waals surface area contributed by atoms with Crippen LogP contribution >= 0.6 is 11.6 Å². The highest BCUT2D eigenvalue weighted by molar-refractivity contribution is 7.89. The van der Waals surface area contributed by atoms with Crippen LogP contribution in [0.15, 0.2) is 0 Å². The highest BCUT2D eigenvalue weighted by Gasteiger charge is 2.27. The van der Waals surface area contributed by atoms with Crippen LogP contribution in [0.4, 0.5) is 0 Å². The van der Waals surface area contributed by atoms with Crippen molar-refractivity contribution in [1.82, 2.24) is 4.31 Å². The van der Waals surface area contributed by atoms with Gasteiger partial charge in [-0.25, -0.2) is 12.7 Å². The molecule has 1 aliphatic rings. The van der Waals surface area contributed by atoms with Crippen molar-refractivity contribution in [1.29, 1.82) is 0 Å². The van der Waals surface area contributed by atoms with Gasteiger partial charge in [-0.1, -0.05) is 0 Å². The maximum Gasteiger partial charge on any atom is 0.214 e. The Labute approximate surface area is 109 Å². The molecule has 0 aromatic carbocycles. The van der Waals surface area contributed by atoms with Crippen molar-refractivity contribution in [3.63, 3.8) is 0 Å². The normalized spacial score (nSPS) is 19.6. The van der Waals surface area contributed by atoms with Gasteiger partial charge >= 0.3 is 0 Å². The van der Waals surface area contributed by atoms with Crippen molar-refractivity contribution < 1.29 is 13.2 Å². The Morgan fingerprint density at radius 3 is 2.47 bits per heavy atom. The van der Waals surface area contributed by atoms with Gasteiger partial charge in [-0.3, -0.25) is 0 Å². The lowest BCUT2D eigenvalue weighted by atomic mass is 10.1. The molecule has 0 unspecified atom stereocenters. The summed E-state index contributed by atoms with van der Waals surface area (Å²) in [5, 5.41) is 0. The lowest BCUT2D eigenvalue weighted by molar-refractivity contribution is 0.0290. The maximum absolute atomic E-state index is 12.0. The monoisotopic (exact) mass is 283 g/mol. The van der Waals surface area contributed by atoms with Crippen molar-refractivity contribution in [3.8, 4) is 0 Å². The van der Waals surface area contributed by atoms with Crippen LogP contribution in [0.2, 0.25) is 0 Å². The fourth-order valence-corrected chi connectivity index (χ4v) is 3.80. The first-order valence-electron chi connectivity index (χ1n) is 6.25. The molecule has 0 aliphatic carbocycles. The van der Waals surface area contributed by atoms with Crippen LogP contribution in [-0.2, 0) is 14.8 Å². The second kappa shape index (κ2) is 7.56. The van der Waals surface area contributed by atoms with Crippen LogP contribution in [-0.4, -0.2) is 50.2 Å². The van der Waals surface area contributed by atoms with E-state index < -0.39 is 10.0 Å². The Morgan fingerprint density at radius 1 is 1.29 bits per heavy atom. The number of piperidine rings is 1. The Morgan fingerprint density at radius 2 is 1.94 bits per heavy atom. The van der Waals surface area contributed by atoms with Gasteiger partial charge in [0.2, 0.25) is 10.0 Å². The summed E-state index contributed by atoms with van der Waals surface area (Å²) < 4.78 is 31.0. The fraction of sp³-hybridized carbons (Fsp3) is 1.00. The van der Waals surface area contributed by atoms with Gasteiger partial charge in [0.05, 0.1) is 11.9 Å². The number of nitrogens with zero attached hydrogens (tertiary/aromatic N) is 1. The summed E-state index contributed by atoms with van der Waals surface area (Å²) in [6.45, 7) is 3.85. The minimum atomic E-state index is -3.07. The van der Waals surface area contributed by atoms with Gasteiger partial charge in [0, 0.05) is 25.6 Å². The van der Waals surface area contributed by atoms with Crippen LogP contribution in [0, 0.1) is 0 Å². The summed E-state index contributed by atoms with van der Waals surface area (Å²) >= 11 is 5.55. The lowest BCUT2D eigenvalue weighted by Crippen LogP contribution is -2.41. The summed E-state index contributed by atoms with van der Waals surface area (Å²) in [4.78, 5) is 0. The number of unbranched alkanes of at least 4 members (excludes halogenated alkanes) is 1. The average molecular weight is 284 g/mol. The molecule has 0 bridgehead atoms. The number of halogens is 1. The molecule has 4 nitrogen and oxygen atoms in total. The number of hydrogen-bond donors (Lipinski definition) is 0. The highest BCUT2D eigenvalue weighted by atomic mass is 35.5. The quantitative estimate of drug-likeness (QED) is 0.529. The van der Waals surface area contributed by atoms with Crippen LogP contribution in [0.3, 0.4) is 0 Å². The molecule has 1 fully saturated rings. The zero-order chi connectivity index (χ0) is 12.7. The van der Waals surface area contributed by atoms with Gasteiger partial charge in [-0.15, -0.1) is 11.6 Å². The second-order valence-corrected chi connectivity index (χ2v) is 6.73. The van der Waals surface area contributed by atoms with E-state index in [-0.39, 0.29) is 11.9 Å². The van der Waals surface area contributed by atoms with Gasteiger partial charge in [0.25, 0.3) is 0 Å². The Bertz CT molecular complexity index is 300. The second-order valence-electron chi connectivity index (χ2n) is 4.27. The first-order chi connectivity index (χ1) is 8.10. The first-order valence-corrected chi connectivity index (χ1v) is 8.40. The lowest BCUT2D eigenvalue weighted by Gasteiger charge is -2.30. The van der Waals surface area contributed by atoms with Gasteiger partial charge in [0.15, 0.2) is 0 Å². The molecule has 0 amide bonds. The third-order valence-corrected chi connectivity index (χ3v) is 5.21. The molecule has 0 aromatic rings. The number of alkyl halides is 1. The number of rotatable bonds is 7. The van der Waals surface area contributed by atoms with Gasteiger partial charge in [-0.05, 0) is 32.6 Å². The zero-order valence-electron chi connectivity index (χ0n) is 10.4. The summed E-state index contributed by atoms with van der Waals surface area (Å²) in [7, 11) is -3.07. The number of sulfonamides is 1. The van der Waals surface area contributed by atoms with Crippen LogP contribution < -0.4 is 0 Å². The van der Waals surface area contributed by atoms with Crippen molar-refractivity contribution in [2.24, 2.45) is 0 Å². The molecule has 0 saturated carbocycles. The first kappa shape index (κ1) is 15.2. The van der Waals surface area contributed by atoms with E-state index in [1.807, 2.05) is 6.92 Å². The van der Waals surface area contributed by atoms with Gasteiger partial charge in [-0.2, -0.15) is 0 Å². The van der Waals surface area contributed by atoms with E-state index in [4.69, 9.17) is 16.3 Å². The van der Waals surface area contributed by atoms with Crippen LogP contribution in [0.1, 0.15) is 32.6 Å².